The predicted molar refractivity (Wildman–Crippen MR) is 63.0 cm³/mol. The SMILES string of the molecule is C#CCOC(=O)Nc1cccc(I)c1. The number of hydrogen-bond donors (Lipinski definition) is 1. The fourth-order valence-corrected chi connectivity index (χ4v) is 1.37. The number of amides is 1. The van der Waals surface area contributed by atoms with Crippen molar-refractivity contribution in [3.05, 3.63) is 27.8 Å². The number of rotatable bonds is 2. The first-order valence-corrected chi connectivity index (χ1v) is 4.93. The van der Waals surface area contributed by atoms with E-state index < -0.39 is 6.09 Å². The summed E-state index contributed by atoms with van der Waals surface area (Å²) < 4.78 is 5.69. The van der Waals surface area contributed by atoms with Crippen molar-refractivity contribution in [1.29, 1.82) is 0 Å². The third-order valence-corrected chi connectivity index (χ3v) is 2.03. The molecule has 0 saturated carbocycles. The lowest BCUT2D eigenvalue weighted by atomic mass is 10.3. The van der Waals surface area contributed by atoms with E-state index in [1.54, 1.807) is 6.07 Å². The summed E-state index contributed by atoms with van der Waals surface area (Å²) >= 11 is 2.16. The molecule has 72 valence electrons. The highest BCUT2D eigenvalue weighted by atomic mass is 127. The second kappa shape index (κ2) is 5.50. The fourth-order valence-electron chi connectivity index (χ4n) is 0.827. The molecule has 0 aliphatic heterocycles. The quantitative estimate of drug-likeness (QED) is 0.673. The smallest absolute Gasteiger partial charge is 0.412 e. The number of carbonyl (C=O) groups excluding carboxylic acids is 1. The Labute approximate surface area is 96.0 Å². The number of benzene rings is 1. The number of carbonyl (C=O) groups is 1. The van der Waals surface area contributed by atoms with Crippen LogP contribution in [0.1, 0.15) is 0 Å². The van der Waals surface area contributed by atoms with Crippen molar-refractivity contribution < 1.29 is 9.53 Å². The lowest BCUT2D eigenvalue weighted by Crippen LogP contribution is -2.13. The number of ether oxygens (including phenoxy) is 1. The molecule has 1 amide bonds. The molecule has 4 heteroatoms. The first-order valence-electron chi connectivity index (χ1n) is 3.85. The van der Waals surface area contributed by atoms with Gasteiger partial charge >= 0.3 is 6.09 Å². The number of nitrogens with one attached hydrogen (secondary N) is 1. The summed E-state index contributed by atoms with van der Waals surface area (Å²) in [7, 11) is 0. The van der Waals surface area contributed by atoms with Gasteiger partial charge < -0.3 is 4.74 Å². The minimum absolute atomic E-state index is 0.0181. The molecule has 0 aromatic heterocycles. The van der Waals surface area contributed by atoms with E-state index in [0.29, 0.717) is 5.69 Å². The van der Waals surface area contributed by atoms with E-state index in [2.05, 4.69) is 38.6 Å². The van der Waals surface area contributed by atoms with Gasteiger partial charge in [-0.3, -0.25) is 5.32 Å². The van der Waals surface area contributed by atoms with Crippen molar-refractivity contribution in [2.45, 2.75) is 0 Å². The van der Waals surface area contributed by atoms with Gasteiger partial charge in [-0.05, 0) is 40.8 Å². The van der Waals surface area contributed by atoms with Crippen LogP contribution in [0.15, 0.2) is 24.3 Å². The van der Waals surface area contributed by atoms with Gasteiger partial charge in [0.15, 0.2) is 6.61 Å². The monoisotopic (exact) mass is 301 g/mol. The second-order valence-corrected chi connectivity index (χ2v) is 3.66. The Kier molecular flexibility index (Phi) is 4.26. The zero-order chi connectivity index (χ0) is 10.4. The van der Waals surface area contributed by atoms with E-state index in [4.69, 9.17) is 6.42 Å². The van der Waals surface area contributed by atoms with Crippen LogP contribution in [0.2, 0.25) is 0 Å². The molecule has 0 aliphatic rings. The summed E-state index contributed by atoms with van der Waals surface area (Å²) in [5, 5.41) is 2.56. The van der Waals surface area contributed by atoms with E-state index in [9.17, 15) is 4.79 Å². The second-order valence-electron chi connectivity index (χ2n) is 2.42. The summed E-state index contributed by atoms with van der Waals surface area (Å²) in [5.74, 6) is 2.21. The van der Waals surface area contributed by atoms with Crippen LogP contribution in [0.4, 0.5) is 10.5 Å². The number of halogens is 1. The van der Waals surface area contributed by atoms with Crippen LogP contribution in [0, 0.1) is 15.9 Å². The molecule has 1 N–H and O–H groups in total. The van der Waals surface area contributed by atoms with E-state index in [1.807, 2.05) is 18.2 Å². The Morgan fingerprint density at radius 3 is 3.07 bits per heavy atom. The lowest BCUT2D eigenvalue weighted by Gasteiger charge is -2.04. The normalized spacial score (nSPS) is 8.86. The van der Waals surface area contributed by atoms with Crippen LogP contribution in [0.25, 0.3) is 0 Å². The Morgan fingerprint density at radius 2 is 2.43 bits per heavy atom. The summed E-state index contributed by atoms with van der Waals surface area (Å²) in [4.78, 5) is 11.1. The number of terminal acetylenes is 1. The van der Waals surface area contributed by atoms with Gasteiger partial charge in [0.25, 0.3) is 0 Å². The molecule has 3 nitrogen and oxygen atoms in total. The molecule has 0 aliphatic carbocycles. The van der Waals surface area contributed by atoms with Gasteiger partial charge in [-0.2, -0.15) is 0 Å². The molecule has 0 radical (unpaired) electrons. The van der Waals surface area contributed by atoms with Crippen molar-refractivity contribution in [3.63, 3.8) is 0 Å². The van der Waals surface area contributed by atoms with E-state index >= 15 is 0 Å². The van der Waals surface area contributed by atoms with Crippen molar-refractivity contribution in [3.8, 4) is 12.3 Å². The minimum Gasteiger partial charge on any atom is -0.436 e. The van der Waals surface area contributed by atoms with Crippen LogP contribution in [-0.2, 0) is 4.74 Å². The van der Waals surface area contributed by atoms with Crippen LogP contribution >= 0.6 is 22.6 Å². The Bertz CT molecular complexity index is 371. The van der Waals surface area contributed by atoms with Crippen molar-refractivity contribution in [1.82, 2.24) is 0 Å². The topological polar surface area (TPSA) is 38.3 Å². The largest absolute Gasteiger partial charge is 0.436 e. The van der Waals surface area contributed by atoms with E-state index in [1.165, 1.54) is 0 Å². The molecule has 0 heterocycles. The molecular weight excluding hydrogens is 293 g/mol. The van der Waals surface area contributed by atoms with Crippen molar-refractivity contribution in [2.75, 3.05) is 11.9 Å². The summed E-state index contributed by atoms with van der Waals surface area (Å²) in [6.07, 6.45) is 4.40. The zero-order valence-electron chi connectivity index (χ0n) is 7.29. The van der Waals surface area contributed by atoms with Gasteiger partial charge in [-0.1, -0.05) is 12.0 Å². The first kappa shape index (κ1) is 10.9. The standard InChI is InChI=1S/C10H8INO2/c1-2-6-14-10(13)12-9-5-3-4-8(11)7-9/h1,3-5,7H,6H2,(H,12,13). The third kappa shape index (κ3) is 3.66. The molecule has 14 heavy (non-hydrogen) atoms. The molecule has 0 saturated heterocycles. The van der Waals surface area contributed by atoms with Gasteiger partial charge in [0, 0.05) is 9.26 Å². The average Bonchev–Trinajstić information content (AvgIpc) is 2.15. The Morgan fingerprint density at radius 1 is 1.64 bits per heavy atom. The lowest BCUT2D eigenvalue weighted by molar-refractivity contribution is 0.176. The number of hydrogen-bond acceptors (Lipinski definition) is 2. The Balaban J connectivity index is 2.53. The first-order chi connectivity index (χ1) is 6.72. The molecule has 0 unspecified atom stereocenters. The zero-order valence-corrected chi connectivity index (χ0v) is 9.45. The van der Waals surface area contributed by atoms with Gasteiger partial charge in [0.1, 0.15) is 0 Å². The molecule has 1 aromatic carbocycles. The maximum absolute atomic E-state index is 11.1. The molecule has 0 bridgehead atoms. The van der Waals surface area contributed by atoms with E-state index in [0.717, 1.165) is 3.57 Å². The van der Waals surface area contributed by atoms with Gasteiger partial charge in [-0.15, -0.1) is 6.42 Å². The van der Waals surface area contributed by atoms with E-state index in [-0.39, 0.29) is 6.61 Å². The maximum Gasteiger partial charge on any atom is 0.412 e. The van der Waals surface area contributed by atoms with Crippen LogP contribution in [0.5, 0.6) is 0 Å². The number of anilines is 1. The van der Waals surface area contributed by atoms with Crippen molar-refractivity contribution in [2.24, 2.45) is 0 Å². The van der Waals surface area contributed by atoms with Crippen LogP contribution in [-0.4, -0.2) is 12.7 Å². The minimum atomic E-state index is -0.537. The highest BCUT2D eigenvalue weighted by Crippen LogP contribution is 2.12. The molecule has 1 rings (SSSR count). The molecule has 0 atom stereocenters. The summed E-state index contributed by atoms with van der Waals surface area (Å²) in [5.41, 5.74) is 0.693. The summed E-state index contributed by atoms with van der Waals surface area (Å²) in [6, 6.07) is 7.38. The average molecular weight is 301 g/mol. The van der Waals surface area contributed by atoms with Crippen LogP contribution < -0.4 is 5.32 Å². The van der Waals surface area contributed by atoms with Gasteiger partial charge in [-0.25, -0.2) is 4.79 Å². The third-order valence-electron chi connectivity index (χ3n) is 1.36. The molecule has 0 fully saturated rings. The highest BCUT2D eigenvalue weighted by Gasteiger charge is 2.01. The highest BCUT2D eigenvalue weighted by molar-refractivity contribution is 14.1. The van der Waals surface area contributed by atoms with Crippen LogP contribution in [0.3, 0.4) is 0 Å². The molecule has 1 aromatic rings. The predicted octanol–water partition coefficient (Wildman–Crippen LogP) is 2.47. The Hall–Kier alpha value is -1.22. The molecule has 0 spiro atoms. The fraction of sp³-hybridized carbons (Fsp3) is 0.100. The molecular formula is C10H8INO2. The summed E-state index contributed by atoms with van der Waals surface area (Å²) in [6.45, 7) is -0.0181. The van der Waals surface area contributed by atoms with Crippen molar-refractivity contribution >= 4 is 34.4 Å². The van der Waals surface area contributed by atoms with Gasteiger partial charge in [0.05, 0.1) is 0 Å². The maximum atomic E-state index is 11.1. The van der Waals surface area contributed by atoms with Gasteiger partial charge in [0.2, 0.25) is 0 Å².